The molecule has 1 N–H and O–H groups in total. The molecule has 1 aromatic heterocycles. The molecular formula is C20H22N2O5. The van der Waals surface area contributed by atoms with Gasteiger partial charge in [-0.05, 0) is 18.6 Å². The lowest BCUT2D eigenvalue weighted by Gasteiger charge is -2.17. The summed E-state index contributed by atoms with van der Waals surface area (Å²) in [6.45, 7) is 3.11. The maximum atomic E-state index is 12.7. The van der Waals surface area contributed by atoms with Crippen molar-refractivity contribution < 1.29 is 23.8 Å². The van der Waals surface area contributed by atoms with Gasteiger partial charge in [0.05, 0.1) is 20.3 Å². The molecule has 0 saturated carbocycles. The van der Waals surface area contributed by atoms with Crippen LogP contribution in [0.5, 0.6) is 5.88 Å². The Morgan fingerprint density at radius 2 is 2.04 bits per heavy atom. The molecule has 27 heavy (non-hydrogen) atoms. The van der Waals surface area contributed by atoms with Gasteiger partial charge in [-0.2, -0.15) is 0 Å². The Bertz CT molecular complexity index is 800. The van der Waals surface area contributed by atoms with Gasteiger partial charge in [-0.1, -0.05) is 29.8 Å². The number of esters is 1. The van der Waals surface area contributed by atoms with Crippen molar-refractivity contribution in [3.63, 3.8) is 0 Å². The summed E-state index contributed by atoms with van der Waals surface area (Å²) >= 11 is 0. The molecule has 2 heterocycles. The number of aromatic nitrogens is 1. The van der Waals surface area contributed by atoms with Crippen LogP contribution < -0.4 is 10.1 Å². The van der Waals surface area contributed by atoms with E-state index >= 15 is 0 Å². The van der Waals surface area contributed by atoms with Crippen LogP contribution in [0.1, 0.15) is 33.9 Å². The van der Waals surface area contributed by atoms with Crippen LogP contribution in [0, 0.1) is 6.92 Å². The number of hydrogen-bond donors (Lipinski definition) is 1. The Morgan fingerprint density at radius 3 is 2.70 bits per heavy atom. The standard InChI is InChI=1S/C20H22N2O5/c1-13-3-5-14(6-4-13)18(20(24)25-2)22-19(23)15-7-9-21-17(11-15)27-16-8-10-26-12-16/h3-7,9,11,16,18H,8,10,12H2,1-2H3,(H,22,23). The van der Waals surface area contributed by atoms with Gasteiger partial charge in [0.25, 0.3) is 5.91 Å². The Kier molecular flexibility index (Phi) is 6.03. The number of pyridine rings is 1. The molecule has 1 aliphatic rings. The molecule has 2 aromatic rings. The average molecular weight is 370 g/mol. The highest BCUT2D eigenvalue weighted by Gasteiger charge is 2.25. The average Bonchev–Trinajstić information content (AvgIpc) is 3.19. The number of nitrogens with one attached hydrogen (secondary N) is 1. The molecule has 0 aliphatic carbocycles. The third kappa shape index (κ3) is 4.83. The van der Waals surface area contributed by atoms with E-state index in [0.717, 1.165) is 12.0 Å². The molecule has 1 fully saturated rings. The van der Waals surface area contributed by atoms with Gasteiger partial charge in [-0.15, -0.1) is 0 Å². The molecule has 7 nitrogen and oxygen atoms in total. The van der Waals surface area contributed by atoms with Gasteiger partial charge in [0, 0.05) is 24.2 Å². The quantitative estimate of drug-likeness (QED) is 0.785. The van der Waals surface area contributed by atoms with Crippen LogP contribution in [0.4, 0.5) is 0 Å². The summed E-state index contributed by atoms with van der Waals surface area (Å²) in [7, 11) is 1.29. The van der Waals surface area contributed by atoms with E-state index in [1.54, 1.807) is 24.3 Å². The number of carbonyl (C=O) groups excluding carboxylic acids is 2. The lowest BCUT2D eigenvalue weighted by molar-refractivity contribution is -0.143. The zero-order valence-electron chi connectivity index (χ0n) is 15.3. The fourth-order valence-electron chi connectivity index (χ4n) is 2.76. The van der Waals surface area contributed by atoms with Crippen LogP contribution in [0.3, 0.4) is 0 Å². The highest BCUT2D eigenvalue weighted by Crippen LogP contribution is 2.19. The van der Waals surface area contributed by atoms with Crippen molar-refractivity contribution in [2.24, 2.45) is 0 Å². The second kappa shape index (κ2) is 8.64. The van der Waals surface area contributed by atoms with E-state index in [9.17, 15) is 9.59 Å². The van der Waals surface area contributed by atoms with Gasteiger partial charge >= 0.3 is 5.97 Å². The summed E-state index contributed by atoms with van der Waals surface area (Å²) in [5, 5.41) is 2.72. The Hall–Kier alpha value is -2.93. The first-order valence-electron chi connectivity index (χ1n) is 8.72. The third-order valence-corrected chi connectivity index (χ3v) is 4.30. The fourth-order valence-corrected chi connectivity index (χ4v) is 2.76. The number of aryl methyl sites for hydroxylation is 1. The summed E-state index contributed by atoms with van der Waals surface area (Å²) in [5.41, 5.74) is 2.05. The van der Waals surface area contributed by atoms with Gasteiger partial charge in [0.2, 0.25) is 5.88 Å². The molecule has 3 rings (SSSR count). The molecule has 0 spiro atoms. The summed E-state index contributed by atoms with van der Waals surface area (Å²) in [4.78, 5) is 29.0. The molecule has 1 aliphatic heterocycles. The second-order valence-corrected chi connectivity index (χ2v) is 6.33. The number of carbonyl (C=O) groups is 2. The van der Waals surface area contributed by atoms with E-state index < -0.39 is 17.9 Å². The highest BCUT2D eigenvalue weighted by molar-refractivity contribution is 5.97. The Labute approximate surface area is 157 Å². The predicted molar refractivity (Wildman–Crippen MR) is 97.5 cm³/mol. The highest BCUT2D eigenvalue weighted by atomic mass is 16.5. The molecule has 142 valence electrons. The number of nitrogens with zero attached hydrogens (tertiary/aromatic N) is 1. The lowest BCUT2D eigenvalue weighted by Crippen LogP contribution is -2.34. The largest absolute Gasteiger partial charge is 0.472 e. The SMILES string of the molecule is COC(=O)C(NC(=O)c1ccnc(OC2CCOC2)c1)c1ccc(C)cc1. The summed E-state index contributed by atoms with van der Waals surface area (Å²) in [6, 6.07) is 9.55. The van der Waals surface area contributed by atoms with Crippen molar-refractivity contribution in [1.82, 2.24) is 10.3 Å². The molecule has 7 heteroatoms. The number of rotatable bonds is 6. The minimum Gasteiger partial charge on any atom is -0.472 e. The van der Waals surface area contributed by atoms with Crippen molar-refractivity contribution in [2.75, 3.05) is 20.3 Å². The first-order chi connectivity index (χ1) is 13.1. The van der Waals surface area contributed by atoms with Gasteiger partial charge in [0.15, 0.2) is 6.04 Å². The van der Waals surface area contributed by atoms with Crippen LogP contribution in [-0.4, -0.2) is 43.3 Å². The first kappa shape index (κ1) is 18.8. The van der Waals surface area contributed by atoms with Gasteiger partial charge in [-0.25, -0.2) is 9.78 Å². The second-order valence-electron chi connectivity index (χ2n) is 6.33. The number of ether oxygens (including phenoxy) is 3. The zero-order chi connectivity index (χ0) is 19.2. The van der Waals surface area contributed by atoms with Gasteiger partial charge < -0.3 is 19.5 Å². The van der Waals surface area contributed by atoms with Crippen LogP contribution >= 0.6 is 0 Å². The molecule has 1 aromatic carbocycles. The summed E-state index contributed by atoms with van der Waals surface area (Å²) in [6.07, 6.45) is 2.22. The van der Waals surface area contributed by atoms with E-state index in [1.165, 1.54) is 13.3 Å². The molecule has 0 bridgehead atoms. The van der Waals surface area contributed by atoms with E-state index in [0.29, 0.717) is 30.2 Å². The summed E-state index contributed by atoms with van der Waals surface area (Å²) < 4.78 is 15.8. The van der Waals surface area contributed by atoms with E-state index in [2.05, 4.69) is 10.3 Å². The van der Waals surface area contributed by atoms with Crippen molar-refractivity contribution in [1.29, 1.82) is 0 Å². The maximum Gasteiger partial charge on any atom is 0.333 e. The minimum atomic E-state index is -0.899. The van der Waals surface area contributed by atoms with Crippen molar-refractivity contribution in [3.8, 4) is 5.88 Å². The zero-order valence-corrected chi connectivity index (χ0v) is 15.3. The van der Waals surface area contributed by atoms with Gasteiger partial charge in [-0.3, -0.25) is 4.79 Å². The third-order valence-electron chi connectivity index (χ3n) is 4.30. The molecular weight excluding hydrogens is 348 g/mol. The van der Waals surface area contributed by atoms with Crippen molar-refractivity contribution >= 4 is 11.9 Å². The van der Waals surface area contributed by atoms with Crippen molar-refractivity contribution in [2.45, 2.75) is 25.5 Å². The Balaban J connectivity index is 1.75. The number of hydrogen-bond acceptors (Lipinski definition) is 6. The van der Waals surface area contributed by atoms with Crippen LogP contribution in [-0.2, 0) is 14.3 Å². The normalized spacial score (nSPS) is 17.2. The van der Waals surface area contributed by atoms with Crippen LogP contribution in [0.2, 0.25) is 0 Å². The van der Waals surface area contributed by atoms with E-state index in [-0.39, 0.29) is 6.10 Å². The smallest absolute Gasteiger partial charge is 0.333 e. The molecule has 1 saturated heterocycles. The summed E-state index contributed by atoms with van der Waals surface area (Å²) in [5.74, 6) is -0.607. The molecule has 2 atom stereocenters. The monoisotopic (exact) mass is 370 g/mol. The van der Waals surface area contributed by atoms with E-state index in [4.69, 9.17) is 14.2 Å². The van der Waals surface area contributed by atoms with E-state index in [1.807, 2.05) is 19.1 Å². The lowest BCUT2D eigenvalue weighted by atomic mass is 10.0. The van der Waals surface area contributed by atoms with Gasteiger partial charge in [0.1, 0.15) is 6.10 Å². The molecule has 2 unspecified atom stereocenters. The Morgan fingerprint density at radius 1 is 1.26 bits per heavy atom. The molecule has 0 radical (unpaired) electrons. The first-order valence-corrected chi connectivity index (χ1v) is 8.72. The fraction of sp³-hybridized carbons (Fsp3) is 0.350. The predicted octanol–water partition coefficient (Wildman–Crippen LogP) is 2.20. The van der Waals surface area contributed by atoms with Crippen LogP contribution in [0.25, 0.3) is 0 Å². The number of amides is 1. The number of methoxy groups -OCH3 is 1. The maximum absolute atomic E-state index is 12.7. The van der Waals surface area contributed by atoms with Crippen LogP contribution in [0.15, 0.2) is 42.6 Å². The number of benzene rings is 1. The van der Waals surface area contributed by atoms with Crippen molar-refractivity contribution in [3.05, 3.63) is 59.3 Å². The molecule has 1 amide bonds. The topological polar surface area (TPSA) is 86.8 Å². The minimum absolute atomic E-state index is 0.0637.